The molecule has 0 saturated carbocycles. The molecule has 0 saturated heterocycles. The van der Waals surface area contributed by atoms with E-state index in [-0.39, 0.29) is 5.91 Å². The minimum Gasteiger partial charge on any atom is -0.494 e. The standard InChI is InChI=1S/C16H15N5O2S/c1-4-12-19-13-11(23-3)6-5-10(14(13)24-12)16(22)20-15-9(7-17)8-18-21(15)2/h5-6,8H,4H2,1-3H3,(H,20,22). The number of hydrogen-bond donors (Lipinski definition) is 1. The number of anilines is 1. The normalized spacial score (nSPS) is 10.6. The zero-order chi connectivity index (χ0) is 17.3. The molecule has 0 unspecified atom stereocenters. The number of carbonyl (C=O) groups is 1. The van der Waals surface area contributed by atoms with Gasteiger partial charge in [-0.3, -0.25) is 9.48 Å². The minimum atomic E-state index is -0.311. The molecule has 0 bridgehead atoms. The van der Waals surface area contributed by atoms with Gasteiger partial charge < -0.3 is 10.1 Å². The third kappa shape index (κ3) is 2.59. The van der Waals surface area contributed by atoms with Gasteiger partial charge in [0.1, 0.15) is 28.7 Å². The van der Waals surface area contributed by atoms with Crippen molar-refractivity contribution in [1.82, 2.24) is 14.8 Å². The van der Waals surface area contributed by atoms with Crippen LogP contribution in [0.15, 0.2) is 18.3 Å². The Morgan fingerprint density at radius 3 is 2.96 bits per heavy atom. The molecule has 1 N–H and O–H groups in total. The van der Waals surface area contributed by atoms with Crippen LogP contribution in [0.5, 0.6) is 5.75 Å². The summed E-state index contributed by atoms with van der Waals surface area (Å²) in [5.41, 5.74) is 1.49. The zero-order valence-electron chi connectivity index (χ0n) is 13.5. The van der Waals surface area contributed by atoms with Crippen molar-refractivity contribution >= 4 is 33.3 Å². The van der Waals surface area contributed by atoms with Crippen LogP contribution < -0.4 is 10.1 Å². The number of rotatable bonds is 4. The molecule has 2 heterocycles. The molecule has 7 nitrogen and oxygen atoms in total. The van der Waals surface area contributed by atoms with Crippen molar-refractivity contribution < 1.29 is 9.53 Å². The first kappa shape index (κ1) is 16.0. The predicted molar refractivity (Wildman–Crippen MR) is 91.4 cm³/mol. The van der Waals surface area contributed by atoms with Gasteiger partial charge in [-0.1, -0.05) is 6.92 Å². The van der Waals surface area contributed by atoms with Crippen LogP contribution in [0.1, 0.15) is 27.9 Å². The minimum absolute atomic E-state index is 0.311. The summed E-state index contributed by atoms with van der Waals surface area (Å²) in [6.07, 6.45) is 2.20. The predicted octanol–water partition coefficient (Wildman–Crippen LogP) is 2.72. The Balaban J connectivity index is 2.06. The van der Waals surface area contributed by atoms with E-state index < -0.39 is 0 Å². The van der Waals surface area contributed by atoms with Crippen molar-refractivity contribution in [2.45, 2.75) is 13.3 Å². The van der Waals surface area contributed by atoms with Gasteiger partial charge in [0.25, 0.3) is 5.91 Å². The number of aryl methyl sites for hydroxylation is 2. The second-order valence-electron chi connectivity index (χ2n) is 5.05. The summed E-state index contributed by atoms with van der Waals surface area (Å²) < 4.78 is 7.56. The third-order valence-electron chi connectivity index (χ3n) is 3.61. The van der Waals surface area contributed by atoms with Gasteiger partial charge in [0.15, 0.2) is 0 Å². The molecular weight excluding hydrogens is 326 g/mol. The van der Waals surface area contributed by atoms with Gasteiger partial charge in [0, 0.05) is 7.05 Å². The lowest BCUT2D eigenvalue weighted by Crippen LogP contribution is -2.15. The fraction of sp³-hybridized carbons (Fsp3) is 0.250. The summed E-state index contributed by atoms with van der Waals surface area (Å²) in [5, 5.41) is 16.8. The second kappa shape index (κ2) is 6.29. The average Bonchev–Trinajstić information content (AvgIpc) is 3.18. The number of methoxy groups -OCH3 is 1. The van der Waals surface area contributed by atoms with Crippen molar-refractivity contribution in [3.8, 4) is 11.8 Å². The molecule has 8 heteroatoms. The number of nitriles is 1. The maximum Gasteiger partial charge on any atom is 0.258 e. The van der Waals surface area contributed by atoms with Crippen molar-refractivity contribution in [3.05, 3.63) is 34.5 Å². The lowest BCUT2D eigenvalue weighted by Gasteiger charge is -2.08. The average molecular weight is 341 g/mol. The monoisotopic (exact) mass is 341 g/mol. The number of aromatic nitrogens is 3. The van der Waals surface area contributed by atoms with Crippen LogP contribution in [0.3, 0.4) is 0 Å². The molecular formula is C16H15N5O2S. The molecule has 1 aromatic carbocycles. The number of nitrogens with one attached hydrogen (secondary N) is 1. The van der Waals surface area contributed by atoms with Gasteiger partial charge in [-0.05, 0) is 18.6 Å². The smallest absolute Gasteiger partial charge is 0.258 e. The van der Waals surface area contributed by atoms with Crippen molar-refractivity contribution in [2.75, 3.05) is 12.4 Å². The highest BCUT2D eigenvalue weighted by Crippen LogP contribution is 2.33. The van der Waals surface area contributed by atoms with Crippen molar-refractivity contribution in [2.24, 2.45) is 7.05 Å². The molecule has 122 valence electrons. The van der Waals surface area contributed by atoms with Gasteiger partial charge in [0.2, 0.25) is 0 Å². The fourth-order valence-corrected chi connectivity index (χ4v) is 3.40. The molecule has 0 spiro atoms. The largest absolute Gasteiger partial charge is 0.494 e. The van der Waals surface area contributed by atoms with E-state index in [9.17, 15) is 4.79 Å². The molecule has 0 aliphatic heterocycles. The summed E-state index contributed by atoms with van der Waals surface area (Å²) in [5.74, 6) is 0.691. The molecule has 24 heavy (non-hydrogen) atoms. The van der Waals surface area contributed by atoms with E-state index in [2.05, 4.69) is 15.4 Å². The van der Waals surface area contributed by atoms with Gasteiger partial charge in [0.05, 0.1) is 28.6 Å². The molecule has 0 fully saturated rings. The van der Waals surface area contributed by atoms with Crippen LogP contribution in [0.25, 0.3) is 10.2 Å². The Hall–Kier alpha value is -2.92. The summed E-state index contributed by atoms with van der Waals surface area (Å²) in [6.45, 7) is 2.01. The zero-order valence-corrected chi connectivity index (χ0v) is 14.3. The van der Waals surface area contributed by atoms with Crippen LogP contribution in [0.4, 0.5) is 5.82 Å². The quantitative estimate of drug-likeness (QED) is 0.787. The van der Waals surface area contributed by atoms with E-state index in [1.807, 2.05) is 13.0 Å². The van der Waals surface area contributed by atoms with Crippen LogP contribution >= 0.6 is 11.3 Å². The highest BCUT2D eigenvalue weighted by molar-refractivity contribution is 7.19. The molecule has 0 aliphatic carbocycles. The van der Waals surface area contributed by atoms with Gasteiger partial charge in [-0.15, -0.1) is 11.3 Å². The number of thiazole rings is 1. The molecule has 0 radical (unpaired) electrons. The van der Waals surface area contributed by atoms with Crippen LogP contribution in [0, 0.1) is 11.3 Å². The molecule has 1 amide bonds. The lowest BCUT2D eigenvalue weighted by atomic mass is 10.2. The number of nitrogens with zero attached hydrogens (tertiary/aromatic N) is 4. The molecule has 0 aliphatic rings. The van der Waals surface area contributed by atoms with Crippen LogP contribution in [-0.4, -0.2) is 27.8 Å². The van der Waals surface area contributed by atoms with E-state index in [1.54, 1.807) is 26.3 Å². The first-order valence-electron chi connectivity index (χ1n) is 7.28. The number of fused-ring (bicyclic) bond motifs is 1. The second-order valence-corrected chi connectivity index (χ2v) is 6.13. The maximum absolute atomic E-state index is 12.7. The number of hydrogen-bond acceptors (Lipinski definition) is 6. The summed E-state index contributed by atoms with van der Waals surface area (Å²) in [7, 11) is 3.25. The van der Waals surface area contributed by atoms with E-state index in [1.165, 1.54) is 22.2 Å². The lowest BCUT2D eigenvalue weighted by molar-refractivity contribution is 0.102. The summed E-state index contributed by atoms with van der Waals surface area (Å²) in [4.78, 5) is 17.3. The maximum atomic E-state index is 12.7. The number of benzene rings is 1. The SMILES string of the molecule is CCc1nc2c(OC)ccc(C(=O)Nc3c(C#N)cnn3C)c2s1. The fourth-order valence-electron chi connectivity index (χ4n) is 2.36. The summed E-state index contributed by atoms with van der Waals surface area (Å²) in [6, 6.07) is 5.45. The van der Waals surface area contributed by atoms with Gasteiger partial charge in [-0.2, -0.15) is 10.4 Å². The number of ether oxygens (including phenoxy) is 1. The van der Waals surface area contributed by atoms with Gasteiger partial charge in [-0.25, -0.2) is 4.98 Å². The van der Waals surface area contributed by atoms with E-state index in [0.29, 0.717) is 28.2 Å². The number of amides is 1. The third-order valence-corrected chi connectivity index (χ3v) is 4.84. The Morgan fingerprint density at radius 1 is 1.50 bits per heavy atom. The topological polar surface area (TPSA) is 92.8 Å². The Bertz CT molecular complexity index is 967. The summed E-state index contributed by atoms with van der Waals surface area (Å²) >= 11 is 1.47. The van der Waals surface area contributed by atoms with E-state index >= 15 is 0 Å². The number of carbonyl (C=O) groups excluding carboxylic acids is 1. The highest BCUT2D eigenvalue weighted by atomic mass is 32.1. The van der Waals surface area contributed by atoms with Crippen molar-refractivity contribution in [3.63, 3.8) is 0 Å². The molecule has 0 atom stereocenters. The van der Waals surface area contributed by atoms with Crippen LogP contribution in [0.2, 0.25) is 0 Å². The first-order valence-corrected chi connectivity index (χ1v) is 8.10. The molecule has 3 aromatic rings. The van der Waals surface area contributed by atoms with E-state index in [0.717, 1.165) is 16.1 Å². The molecule has 3 rings (SSSR count). The molecule has 2 aromatic heterocycles. The van der Waals surface area contributed by atoms with Crippen molar-refractivity contribution in [1.29, 1.82) is 5.26 Å². The Labute approximate surface area is 142 Å². The van der Waals surface area contributed by atoms with Gasteiger partial charge >= 0.3 is 0 Å². The Kier molecular flexibility index (Phi) is 4.18. The first-order chi connectivity index (χ1) is 11.6. The highest BCUT2D eigenvalue weighted by Gasteiger charge is 2.19. The van der Waals surface area contributed by atoms with Crippen LogP contribution in [-0.2, 0) is 13.5 Å². The van der Waals surface area contributed by atoms with E-state index in [4.69, 9.17) is 10.00 Å². The Morgan fingerprint density at radius 2 is 2.29 bits per heavy atom.